The molecular formula is C12H9BrFNO2. The number of hydrogen-bond donors (Lipinski definition) is 0. The summed E-state index contributed by atoms with van der Waals surface area (Å²) in [6.07, 6.45) is 1.56. The standard InChI is InChI=1S/C12H9BrFNO2/c13-9-3-1-8(2-4-9)10-7-15-12(17-10)6-5-11(14)16/h1-4,7H,5-6H2. The summed E-state index contributed by atoms with van der Waals surface area (Å²) in [6.45, 7) is 0. The predicted molar refractivity (Wildman–Crippen MR) is 64.1 cm³/mol. The Hall–Kier alpha value is -1.49. The van der Waals surface area contributed by atoms with Gasteiger partial charge in [-0.15, -0.1) is 0 Å². The van der Waals surface area contributed by atoms with Crippen molar-refractivity contribution in [2.45, 2.75) is 12.8 Å². The van der Waals surface area contributed by atoms with E-state index in [4.69, 9.17) is 4.42 Å². The first kappa shape index (κ1) is 12.0. The second-order valence-electron chi connectivity index (χ2n) is 3.48. The van der Waals surface area contributed by atoms with Crippen LogP contribution in [0.3, 0.4) is 0 Å². The van der Waals surface area contributed by atoms with Crippen LogP contribution in [0, 0.1) is 0 Å². The molecular weight excluding hydrogens is 289 g/mol. The second kappa shape index (κ2) is 5.23. The quantitative estimate of drug-likeness (QED) is 0.811. The predicted octanol–water partition coefficient (Wildman–Crippen LogP) is 3.53. The first-order valence-corrected chi connectivity index (χ1v) is 5.83. The van der Waals surface area contributed by atoms with E-state index < -0.39 is 6.04 Å². The minimum Gasteiger partial charge on any atom is -0.441 e. The molecule has 0 atom stereocenters. The van der Waals surface area contributed by atoms with E-state index in [0.717, 1.165) is 10.0 Å². The van der Waals surface area contributed by atoms with Crippen LogP contribution in [0.5, 0.6) is 0 Å². The van der Waals surface area contributed by atoms with Crippen molar-refractivity contribution in [3.05, 3.63) is 40.8 Å². The van der Waals surface area contributed by atoms with Crippen molar-refractivity contribution in [3.63, 3.8) is 0 Å². The number of oxazole rings is 1. The highest BCUT2D eigenvalue weighted by molar-refractivity contribution is 9.10. The van der Waals surface area contributed by atoms with Crippen LogP contribution < -0.4 is 0 Å². The van der Waals surface area contributed by atoms with Gasteiger partial charge in [0.25, 0.3) is 0 Å². The van der Waals surface area contributed by atoms with E-state index >= 15 is 0 Å². The van der Waals surface area contributed by atoms with Crippen LogP contribution in [0.4, 0.5) is 4.39 Å². The van der Waals surface area contributed by atoms with Crippen molar-refractivity contribution in [2.24, 2.45) is 0 Å². The maximum atomic E-state index is 12.0. The molecule has 5 heteroatoms. The summed E-state index contributed by atoms with van der Waals surface area (Å²) in [6, 6.07) is 6.20. The fourth-order valence-electron chi connectivity index (χ4n) is 1.38. The third-order valence-corrected chi connectivity index (χ3v) is 2.75. The van der Waals surface area contributed by atoms with Gasteiger partial charge < -0.3 is 4.42 Å². The molecule has 0 saturated carbocycles. The summed E-state index contributed by atoms with van der Waals surface area (Å²) in [5, 5.41) is 0. The summed E-state index contributed by atoms with van der Waals surface area (Å²) in [5.41, 5.74) is 0.888. The zero-order valence-corrected chi connectivity index (χ0v) is 10.4. The van der Waals surface area contributed by atoms with Gasteiger partial charge in [-0.2, -0.15) is 4.39 Å². The molecule has 88 valence electrons. The van der Waals surface area contributed by atoms with Gasteiger partial charge >= 0.3 is 6.04 Å². The Morgan fingerprint density at radius 2 is 2.06 bits per heavy atom. The smallest absolute Gasteiger partial charge is 0.302 e. The zero-order valence-electron chi connectivity index (χ0n) is 8.82. The van der Waals surface area contributed by atoms with Crippen LogP contribution in [0.25, 0.3) is 11.3 Å². The maximum absolute atomic E-state index is 12.0. The number of nitrogens with zero attached hydrogens (tertiary/aromatic N) is 1. The molecule has 0 unspecified atom stereocenters. The van der Waals surface area contributed by atoms with Gasteiger partial charge in [0.2, 0.25) is 0 Å². The second-order valence-corrected chi connectivity index (χ2v) is 4.40. The monoisotopic (exact) mass is 297 g/mol. The van der Waals surface area contributed by atoms with Crippen molar-refractivity contribution < 1.29 is 13.6 Å². The van der Waals surface area contributed by atoms with E-state index in [-0.39, 0.29) is 12.8 Å². The Bertz CT molecular complexity index is 522. The van der Waals surface area contributed by atoms with Gasteiger partial charge in [-0.3, -0.25) is 4.79 Å². The van der Waals surface area contributed by atoms with E-state index in [0.29, 0.717) is 11.7 Å². The molecule has 0 N–H and O–H groups in total. The molecule has 0 fully saturated rings. The van der Waals surface area contributed by atoms with Gasteiger partial charge in [0.1, 0.15) is 0 Å². The van der Waals surface area contributed by atoms with Gasteiger partial charge in [-0.1, -0.05) is 28.1 Å². The molecule has 1 heterocycles. The number of aryl methyl sites for hydroxylation is 1. The maximum Gasteiger partial charge on any atom is 0.302 e. The molecule has 0 bridgehead atoms. The van der Waals surface area contributed by atoms with Crippen molar-refractivity contribution >= 4 is 22.0 Å². The van der Waals surface area contributed by atoms with E-state index in [1.54, 1.807) is 6.20 Å². The first-order chi connectivity index (χ1) is 8.15. The first-order valence-electron chi connectivity index (χ1n) is 5.04. The van der Waals surface area contributed by atoms with Crippen LogP contribution in [0.15, 0.2) is 39.4 Å². The highest BCUT2D eigenvalue weighted by Gasteiger charge is 2.08. The number of benzene rings is 1. The minimum absolute atomic E-state index is 0.186. The van der Waals surface area contributed by atoms with Crippen LogP contribution in [-0.4, -0.2) is 11.0 Å². The summed E-state index contributed by atoms with van der Waals surface area (Å²) in [7, 11) is 0. The molecule has 2 rings (SSSR count). The Kier molecular flexibility index (Phi) is 3.68. The summed E-state index contributed by atoms with van der Waals surface area (Å²) in [5.74, 6) is 0.979. The van der Waals surface area contributed by atoms with Crippen molar-refractivity contribution in [2.75, 3.05) is 0 Å². The summed E-state index contributed by atoms with van der Waals surface area (Å²) < 4.78 is 18.4. The van der Waals surface area contributed by atoms with Crippen LogP contribution >= 0.6 is 15.9 Å². The zero-order chi connectivity index (χ0) is 12.3. The number of halogens is 2. The lowest BCUT2D eigenvalue weighted by atomic mass is 10.2. The fraction of sp³-hybridized carbons (Fsp3) is 0.167. The molecule has 0 aliphatic heterocycles. The number of aromatic nitrogens is 1. The lowest BCUT2D eigenvalue weighted by Crippen LogP contribution is -1.91. The van der Waals surface area contributed by atoms with E-state index in [2.05, 4.69) is 20.9 Å². The highest BCUT2D eigenvalue weighted by atomic mass is 79.9. The van der Waals surface area contributed by atoms with E-state index in [1.807, 2.05) is 24.3 Å². The topological polar surface area (TPSA) is 43.1 Å². The number of rotatable bonds is 4. The van der Waals surface area contributed by atoms with Gasteiger partial charge in [-0.25, -0.2) is 4.98 Å². The number of hydrogen-bond acceptors (Lipinski definition) is 3. The fourth-order valence-corrected chi connectivity index (χ4v) is 1.64. The molecule has 0 spiro atoms. The Morgan fingerprint density at radius 3 is 2.71 bits per heavy atom. The van der Waals surface area contributed by atoms with Crippen LogP contribution in [0.2, 0.25) is 0 Å². The normalized spacial score (nSPS) is 10.5. The molecule has 0 aliphatic rings. The third-order valence-electron chi connectivity index (χ3n) is 2.22. The van der Waals surface area contributed by atoms with E-state index in [9.17, 15) is 9.18 Å². The largest absolute Gasteiger partial charge is 0.441 e. The lowest BCUT2D eigenvalue weighted by Gasteiger charge is -1.96. The van der Waals surface area contributed by atoms with Crippen LogP contribution in [-0.2, 0) is 11.2 Å². The molecule has 1 aromatic heterocycles. The summed E-state index contributed by atoms with van der Waals surface area (Å²) in [4.78, 5) is 14.2. The Morgan fingerprint density at radius 1 is 1.35 bits per heavy atom. The van der Waals surface area contributed by atoms with Crippen molar-refractivity contribution in [1.29, 1.82) is 0 Å². The molecule has 0 amide bonds. The molecule has 1 aromatic carbocycles. The van der Waals surface area contributed by atoms with Crippen molar-refractivity contribution in [1.82, 2.24) is 4.98 Å². The molecule has 0 radical (unpaired) electrons. The molecule has 0 aliphatic carbocycles. The third kappa shape index (κ3) is 3.23. The lowest BCUT2D eigenvalue weighted by molar-refractivity contribution is -0.129. The Balaban J connectivity index is 2.12. The molecule has 3 nitrogen and oxygen atoms in total. The number of carbonyl (C=O) groups excluding carboxylic acids is 1. The average Bonchev–Trinajstić information content (AvgIpc) is 2.76. The average molecular weight is 298 g/mol. The highest BCUT2D eigenvalue weighted by Crippen LogP contribution is 2.22. The minimum atomic E-state index is -1.35. The molecule has 0 saturated heterocycles. The van der Waals surface area contributed by atoms with Gasteiger partial charge in [-0.05, 0) is 12.1 Å². The Labute approximate surface area is 106 Å². The van der Waals surface area contributed by atoms with Gasteiger partial charge in [0, 0.05) is 22.9 Å². The summed E-state index contributed by atoms with van der Waals surface area (Å²) >= 11 is 3.34. The molecule has 17 heavy (non-hydrogen) atoms. The van der Waals surface area contributed by atoms with Crippen molar-refractivity contribution in [3.8, 4) is 11.3 Å². The van der Waals surface area contributed by atoms with E-state index in [1.165, 1.54) is 0 Å². The molecule has 2 aromatic rings. The van der Waals surface area contributed by atoms with Gasteiger partial charge in [0.05, 0.1) is 6.20 Å². The van der Waals surface area contributed by atoms with Gasteiger partial charge in [0.15, 0.2) is 11.7 Å². The number of carbonyl (C=O) groups is 1. The SMILES string of the molecule is O=C(F)CCc1ncc(-c2ccc(Br)cc2)o1. The van der Waals surface area contributed by atoms with Crippen LogP contribution in [0.1, 0.15) is 12.3 Å².